The van der Waals surface area contributed by atoms with E-state index in [-0.39, 0.29) is 0 Å². The van der Waals surface area contributed by atoms with Crippen LogP contribution in [0.15, 0.2) is 60.7 Å². The summed E-state index contributed by atoms with van der Waals surface area (Å²) in [6.07, 6.45) is 18.3. The molecule has 0 amide bonds. The highest BCUT2D eigenvalue weighted by Gasteiger charge is 2.57. The Morgan fingerprint density at radius 3 is 2.05 bits per heavy atom. The Bertz CT molecular complexity index is 1050. The van der Waals surface area contributed by atoms with Gasteiger partial charge in [-0.15, -0.1) is 0 Å². The van der Waals surface area contributed by atoms with Crippen molar-refractivity contribution in [3.63, 3.8) is 0 Å². The lowest BCUT2D eigenvalue weighted by atomic mass is 9.70. The van der Waals surface area contributed by atoms with E-state index in [1.807, 2.05) is 10.4 Å². The number of unbranched alkanes of at least 4 members (excludes halogenated alkanes) is 1. The molecule has 4 fully saturated rings. The number of hydrogen-bond acceptors (Lipinski definition) is 0. The van der Waals surface area contributed by atoms with Crippen LogP contribution in [0.2, 0.25) is 36.3 Å². The number of fused-ring (bicyclic) bond motifs is 2. The maximum atomic E-state index is 2.74. The van der Waals surface area contributed by atoms with Gasteiger partial charge < -0.3 is 0 Å². The molecule has 4 aliphatic carbocycles. The van der Waals surface area contributed by atoms with Gasteiger partial charge in [0, 0.05) is 8.07 Å². The van der Waals surface area contributed by atoms with Crippen molar-refractivity contribution in [2.24, 2.45) is 29.6 Å². The van der Waals surface area contributed by atoms with E-state index in [4.69, 9.17) is 0 Å². The van der Waals surface area contributed by atoms with Crippen molar-refractivity contribution >= 4 is 35.1 Å². The molecule has 0 aromatic heterocycles. The summed E-state index contributed by atoms with van der Waals surface area (Å²) in [5, 5.41) is 3.71. The van der Waals surface area contributed by atoms with Crippen LogP contribution in [-0.2, 0) is 0 Å². The predicted molar refractivity (Wildman–Crippen MR) is 180 cm³/mol. The molecule has 0 aliphatic heterocycles. The summed E-state index contributed by atoms with van der Waals surface area (Å²) in [5.41, 5.74) is 3.20. The maximum absolute atomic E-state index is 2.74. The van der Waals surface area contributed by atoms with Gasteiger partial charge in [-0.3, -0.25) is 0 Å². The van der Waals surface area contributed by atoms with E-state index in [0.29, 0.717) is 0 Å². The topological polar surface area (TPSA) is 0 Å². The molecule has 2 aromatic carbocycles. The minimum absolute atomic E-state index is 1.01. The molecule has 3 heteroatoms. The second-order valence-electron chi connectivity index (χ2n) is 15.5. The number of benzene rings is 2. The summed E-state index contributed by atoms with van der Waals surface area (Å²) in [6.45, 7) is 10.6. The summed E-state index contributed by atoms with van der Waals surface area (Å²) in [6, 6.07) is 24.6. The molecule has 0 saturated heterocycles. The molecule has 0 bridgehead atoms. The zero-order chi connectivity index (χ0) is 27.0. The van der Waals surface area contributed by atoms with Crippen molar-refractivity contribution in [1.82, 2.24) is 0 Å². The van der Waals surface area contributed by atoms with Crippen LogP contribution in [0.5, 0.6) is 0 Å². The minimum atomic E-state index is -1.18. The van der Waals surface area contributed by atoms with Gasteiger partial charge in [0.05, 0.1) is 16.6 Å². The van der Waals surface area contributed by atoms with Crippen LogP contribution in [0, 0.1) is 29.6 Å². The normalized spacial score (nSPS) is 35.9. The van der Waals surface area contributed by atoms with Crippen LogP contribution < -0.4 is 10.4 Å². The first-order valence-corrected chi connectivity index (χ1v) is 25.8. The fraction of sp³-hybridized carbons (Fsp3) is 0.667. The van der Waals surface area contributed by atoms with Gasteiger partial charge in [0.25, 0.3) is 0 Å². The molecule has 4 saturated carbocycles. The SMILES string of the molecule is CCCCC1CCC([SiH](c2ccccc2)[SiH](c2ccccc2)C2CCC3C2CC2CCCC2C3[Si](C)(C)C)C1. The van der Waals surface area contributed by atoms with E-state index in [1.54, 1.807) is 44.9 Å². The molecule has 10 atom stereocenters. The van der Waals surface area contributed by atoms with Crippen LogP contribution in [0.4, 0.5) is 0 Å². The van der Waals surface area contributed by atoms with Gasteiger partial charge in [-0.1, -0.05) is 168 Å². The third kappa shape index (κ3) is 5.75. The highest BCUT2D eigenvalue weighted by molar-refractivity contribution is 7.34. The predicted octanol–water partition coefficient (Wildman–Crippen LogP) is 8.62. The molecule has 4 aliphatic rings. The molecule has 0 heterocycles. The van der Waals surface area contributed by atoms with Gasteiger partial charge in [0.2, 0.25) is 0 Å². The first-order valence-electron chi connectivity index (χ1n) is 17.1. The summed E-state index contributed by atoms with van der Waals surface area (Å²) in [5.74, 6) is 5.28. The van der Waals surface area contributed by atoms with Crippen LogP contribution in [0.25, 0.3) is 0 Å². The van der Waals surface area contributed by atoms with Crippen molar-refractivity contribution in [3.05, 3.63) is 60.7 Å². The zero-order valence-corrected chi connectivity index (χ0v) is 28.8. The average molecular weight is 573 g/mol. The molecule has 2 aromatic rings. The largest absolute Gasteiger partial charge is 0.0703 e. The fourth-order valence-electron chi connectivity index (χ4n) is 11.2. The number of hydrogen-bond donors (Lipinski definition) is 0. The first kappa shape index (κ1) is 28.2. The van der Waals surface area contributed by atoms with E-state index in [9.17, 15) is 0 Å². The van der Waals surface area contributed by atoms with E-state index in [2.05, 4.69) is 87.2 Å². The Labute approximate surface area is 244 Å². The molecule has 0 nitrogen and oxygen atoms in total. The van der Waals surface area contributed by atoms with Crippen molar-refractivity contribution in [2.45, 2.75) is 120 Å². The van der Waals surface area contributed by atoms with Gasteiger partial charge in [-0.2, -0.15) is 0 Å². The molecule has 39 heavy (non-hydrogen) atoms. The fourth-order valence-corrected chi connectivity index (χ4v) is 31.4. The third-order valence-corrected chi connectivity index (χ3v) is 29.5. The standard InChI is InChI=1S/C36H56Si3/c1-5-6-14-27-21-22-31(25-27)37(29-16-9-7-10-17-29)38(30-18-11-8-12-19-30)35-24-23-33-34(35)26-28-15-13-20-32(28)36(33)39(2,3)4/h7-12,16-19,27-28,31-38H,5-6,13-15,20-26H2,1-4H3. The Morgan fingerprint density at radius 1 is 0.692 bits per heavy atom. The highest BCUT2D eigenvalue weighted by atomic mass is 29.2. The maximum Gasteiger partial charge on any atom is 0.0703 e. The Kier molecular flexibility index (Phi) is 8.78. The van der Waals surface area contributed by atoms with Crippen LogP contribution in [0.3, 0.4) is 0 Å². The molecule has 6 rings (SSSR count). The van der Waals surface area contributed by atoms with Crippen LogP contribution in [0.1, 0.15) is 84.0 Å². The quantitative estimate of drug-likeness (QED) is 0.264. The second-order valence-corrected chi connectivity index (χ2v) is 30.4. The molecule has 0 radical (unpaired) electrons. The lowest BCUT2D eigenvalue weighted by molar-refractivity contribution is 0.152. The van der Waals surface area contributed by atoms with E-state index >= 15 is 0 Å². The summed E-state index contributed by atoms with van der Waals surface area (Å²) < 4.78 is 0. The van der Waals surface area contributed by atoms with Gasteiger partial charge in [0.1, 0.15) is 0 Å². The van der Waals surface area contributed by atoms with Gasteiger partial charge in [-0.25, -0.2) is 0 Å². The Morgan fingerprint density at radius 2 is 1.38 bits per heavy atom. The van der Waals surface area contributed by atoms with Crippen molar-refractivity contribution in [2.75, 3.05) is 0 Å². The molecular weight excluding hydrogens is 517 g/mol. The van der Waals surface area contributed by atoms with Gasteiger partial charge in [0.15, 0.2) is 0 Å². The molecular formula is C36H56Si3. The van der Waals surface area contributed by atoms with E-state index in [0.717, 1.165) is 46.2 Å². The second kappa shape index (κ2) is 12.1. The Hall–Kier alpha value is -0.909. The Balaban J connectivity index is 1.39. The highest BCUT2D eigenvalue weighted by Crippen LogP contribution is 2.64. The molecule has 0 spiro atoms. The molecule has 212 valence electrons. The first-order chi connectivity index (χ1) is 19.0. The van der Waals surface area contributed by atoms with E-state index in [1.165, 1.54) is 32.1 Å². The summed E-state index contributed by atoms with van der Waals surface area (Å²) >= 11 is 0. The molecule has 0 N–H and O–H groups in total. The lowest BCUT2D eigenvalue weighted by Gasteiger charge is -2.50. The van der Waals surface area contributed by atoms with E-state index < -0.39 is 24.7 Å². The summed E-state index contributed by atoms with van der Waals surface area (Å²) in [7, 11) is -3.46. The van der Waals surface area contributed by atoms with Crippen LogP contribution in [-0.4, -0.2) is 24.7 Å². The average Bonchev–Trinajstić information content (AvgIpc) is 3.69. The van der Waals surface area contributed by atoms with Crippen LogP contribution >= 0.6 is 0 Å². The van der Waals surface area contributed by atoms with Crippen molar-refractivity contribution in [1.29, 1.82) is 0 Å². The molecule has 10 unspecified atom stereocenters. The summed E-state index contributed by atoms with van der Waals surface area (Å²) in [4.78, 5) is 0. The monoisotopic (exact) mass is 572 g/mol. The zero-order valence-electron chi connectivity index (χ0n) is 25.5. The minimum Gasteiger partial charge on any atom is -0.0693 e. The lowest BCUT2D eigenvalue weighted by Crippen LogP contribution is -2.59. The third-order valence-electron chi connectivity index (χ3n) is 12.4. The van der Waals surface area contributed by atoms with Crippen molar-refractivity contribution < 1.29 is 0 Å². The van der Waals surface area contributed by atoms with Crippen molar-refractivity contribution in [3.8, 4) is 0 Å². The number of rotatable bonds is 9. The smallest absolute Gasteiger partial charge is 0.0693 e. The van der Waals surface area contributed by atoms with Gasteiger partial charge in [-0.05, 0) is 52.6 Å². The van der Waals surface area contributed by atoms with Gasteiger partial charge >= 0.3 is 0 Å².